The molecule has 0 saturated heterocycles. The van der Waals surface area contributed by atoms with Crippen LogP contribution in [-0.4, -0.2) is 44.0 Å². The fraction of sp³-hybridized carbons (Fsp3) is 1.00. The molecule has 3 heteroatoms. The number of rotatable bonds is 5. The summed E-state index contributed by atoms with van der Waals surface area (Å²) in [5.74, 6) is 0. The van der Waals surface area contributed by atoms with Crippen LogP contribution in [0.15, 0.2) is 0 Å². The van der Waals surface area contributed by atoms with E-state index in [1.165, 1.54) is 0 Å². The van der Waals surface area contributed by atoms with Gasteiger partial charge >= 0.3 is 0 Å². The van der Waals surface area contributed by atoms with Crippen LogP contribution in [0.1, 0.15) is 13.8 Å². The quantitative estimate of drug-likeness (QED) is 0.624. The van der Waals surface area contributed by atoms with Gasteiger partial charge in [0.2, 0.25) is 0 Å². The van der Waals surface area contributed by atoms with Crippen molar-refractivity contribution in [2.45, 2.75) is 18.8 Å². The highest BCUT2D eigenvalue weighted by Gasteiger charge is 2.29. The van der Waals surface area contributed by atoms with E-state index >= 15 is 0 Å². The zero-order valence-electron chi connectivity index (χ0n) is 9.14. The van der Waals surface area contributed by atoms with Gasteiger partial charge in [-0.2, -0.15) is 0 Å². The molecule has 2 nitrogen and oxygen atoms in total. The van der Waals surface area contributed by atoms with Gasteiger partial charge in [0.25, 0.3) is 0 Å². The smallest absolute Gasteiger partial charge is 0.0922 e. The first kappa shape index (κ1) is 12.3. The minimum Gasteiger partial charge on any atom is -0.382 e. The maximum absolute atomic E-state index is 5.75. The summed E-state index contributed by atoms with van der Waals surface area (Å²) >= 11 is 0. The van der Waals surface area contributed by atoms with E-state index in [1.54, 1.807) is 7.11 Å². The predicted molar refractivity (Wildman–Crippen MR) is 57.3 cm³/mol. The topological polar surface area (TPSA) is 18.5 Å². The third-order valence-corrected chi connectivity index (χ3v) is 5.28. The summed E-state index contributed by atoms with van der Waals surface area (Å²) in [4.78, 5) is -0.00840. The molecule has 0 heterocycles. The average molecular weight is 194 g/mol. The molecule has 0 aromatic heterocycles. The molecule has 12 heavy (non-hydrogen) atoms. The third-order valence-electron chi connectivity index (χ3n) is 2.21. The van der Waals surface area contributed by atoms with Crippen molar-refractivity contribution in [3.8, 4) is 0 Å². The Labute approximate surface area is 77.9 Å². The fourth-order valence-electron chi connectivity index (χ4n) is 0.548. The largest absolute Gasteiger partial charge is 0.382 e. The van der Waals surface area contributed by atoms with E-state index in [0.717, 1.165) is 0 Å². The second-order valence-corrected chi connectivity index (χ2v) is 8.74. The van der Waals surface area contributed by atoms with Gasteiger partial charge in [0.15, 0.2) is 0 Å². The Morgan fingerprint density at radius 2 is 1.58 bits per heavy atom. The minimum atomic E-state index is -0.661. The van der Waals surface area contributed by atoms with Crippen molar-refractivity contribution < 1.29 is 9.47 Å². The maximum atomic E-state index is 5.75. The first-order valence-electron chi connectivity index (χ1n) is 4.12. The molecule has 0 aliphatic rings. The Morgan fingerprint density at radius 1 is 1.08 bits per heavy atom. The van der Waals surface area contributed by atoms with Crippen LogP contribution < -0.4 is 0 Å². The zero-order chi connectivity index (χ0) is 9.83. The van der Waals surface area contributed by atoms with Gasteiger partial charge in [0.1, 0.15) is 0 Å². The van der Waals surface area contributed by atoms with Crippen molar-refractivity contribution in [1.82, 2.24) is 0 Å². The molecule has 0 aromatic rings. The van der Waals surface area contributed by atoms with Crippen LogP contribution in [-0.2, 0) is 9.47 Å². The van der Waals surface area contributed by atoms with Gasteiger partial charge in [0, 0.05) is 7.11 Å². The molecule has 0 saturated carbocycles. The van der Waals surface area contributed by atoms with Crippen LogP contribution in [0.5, 0.6) is 0 Å². The van der Waals surface area contributed by atoms with Crippen molar-refractivity contribution >= 4 is 10.0 Å². The Bertz CT molecular complexity index is 127. The Hall–Kier alpha value is 0.270. The SMILES string of the molecule is COCCOC(C)(C)S(C)(C)C. The molecule has 0 atom stereocenters. The molecule has 0 aliphatic heterocycles. The summed E-state index contributed by atoms with van der Waals surface area (Å²) in [5.41, 5.74) is 0. The molecule has 76 valence electrons. The van der Waals surface area contributed by atoms with Gasteiger partial charge in [0.05, 0.1) is 18.1 Å². The molecule has 0 spiro atoms. The molecule has 0 amide bonds. The normalized spacial score (nSPS) is 14.8. The molecule has 0 N–H and O–H groups in total. The van der Waals surface area contributed by atoms with Crippen molar-refractivity contribution in [3.05, 3.63) is 0 Å². The summed E-state index contributed by atoms with van der Waals surface area (Å²) in [7, 11) is 1.03. The summed E-state index contributed by atoms with van der Waals surface area (Å²) < 4.78 is 10.7. The van der Waals surface area contributed by atoms with E-state index in [4.69, 9.17) is 9.47 Å². The Morgan fingerprint density at radius 3 is 1.92 bits per heavy atom. The first-order valence-corrected chi connectivity index (χ1v) is 6.98. The molecule has 0 radical (unpaired) electrons. The van der Waals surface area contributed by atoms with E-state index in [0.29, 0.717) is 13.2 Å². The highest BCUT2D eigenvalue weighted by molar-refractivity contribution is 8.33. The highest BCUT2D eigenvalue weighted by atomic mass is 32.3. The summed E-state index contributed by atoms with van der Waals surface area (Å²) in [5, 5.41) is 0. The number of methoxy groups -OCH3 is 1. The van der Waals surface area contributed by atoms with Crippen molar-refractivity contribution in [2.24, 2.45) is 0 Å². The molecule has 0 unspecified atom stereocenters. The molecule has 0 rings (SSSR count). The molecule has 0 aromatic carbocycles. The van der Waals surface area contributed by atoms with Crippen molar-refractivity contribution in [2.75, 3.05) is 39.1 Å². The second-order valence-electron chi connectivity index (χ2n) is 4.08. The summed E-state index contributed by atoms with van der Waals surface area (Å²) in [6.07, 6.45) is 6.79. The lowest BCUT2D eigenvalue weighted by Gasteiger charge is -2.43. The average Bonchev–Trinajstić information content (AvgIpc) is 1.85. The highest BCUT2D eigenvalue weighted by Crippen LogP contribution is 2.49. The van der Waals surface area contributed by atoms with Gasteiger partial charge in [-0.15, -0.1) is 0 Å². The van der Waals surface area contributed by atoms with E-state index in [2.05, 4.69) is 32.6 Å². The monoisotopic (exact) mass is 194 g/mol. The van der Waals surface area contributed by atoms with Crippen LogP contribution in [0.2, 0.25) is 0 Å². The van der Waals surface area contributed by atoms with Crippen molar-refractivity contribution in [1.29, 1.82) is 0 Å². The number of hydrogen-bond donors (Lipinski definition) is 0. The second kappa shape index (κ2) is 4.49. The van der Waals surface area contributed by atoms with E-state index in [9.17, 15) is 0 Å². The molecule has 0 fully saturated rings. The van der Waals surface area contributed by atoms with Crippen molar-refractivity contribution in [3.63, 3.8) is 0 Å². The predicted octanol–water partition coefficient (Wildman–Crippen LogP) is 2.08. The van der Waals surface area contributed by atoms with Gasteiger partial charge in [-0.05, 0) is 32.6 Å². The number of ether oxygens (including phenoxy) is 2. The Balaban J connectivity index is 3.88. The fourth-order valence-corrected chi connectivity index (χ4v) is 0.984. The lowest BCUT2D eigenvalue weighted by Crippen LogP contribution is -2.31. The van der Waals surface area contributed by atoms with Gasteiger partial charge < -0.3 is 9.47 Å². The minimum absolute atomic E-state index is 0.00840. The van der Waals surface area contributed by atoms with E-state index < -0.39 is 10.0 Å². The van der Waals surface area contributed by atoms with Crippen LogP contribution >= 0.6 is 10.0 Å². The maximum Gasteiger partial charge on any atom is 0.0922 e. The number of hydrogen-bond acceptors (Lipinski definition) is 2. The zero-order valence-corrected chi connectivity index (χ0v) is 9.96. The van der Waals surface area contributed by atoms with Gasteiger partial charge in [-0.1, -0.05) is 0 Å². The van der Waals surface area contributed by atoms with E-state index in [-0.39, 0.29) is 4.93 Å². The lowest BCUT2D eigenvalue weighted by molar-refractivity contribution is 0.0140. The van der Waals surface area contributed by atoms with E-state index in [1.807, 2.05) is 0 Å². The van der Waals surface area contributed by atoms with Crippen LogP contribution in [0, 0.1) is 0 Å². The molecule has 0 aliphatic carbocycles. The standard InChI is InChI=1S/C9H22O2S/c1-9(2,12(4,5)6)11-8-7-10-3/h7-8H2,1-6H3. The molecule has 0 bridgehead atoms. The van der Waals surface area contributed by atoms with Crippen LogP contribution in [0.25, 0.3) is 0 Å². The Kier molecular flexibility index (Phi) is 4.59. The summed E-state index contributed by atoms with van der Waals surface area (Å²) in [6.45, 7) is 5.67. The van der Waals surface area contributed by atoms with Gasteiger partial charge in [-0.25, -0.2) is 10.0 Å². The molecular formula is C9H22O2S. The first-order chi connectivity index (χ1) is 5.31. The molecular weight excluding hydrogens is 172 g/mol. The lowest BCUT2D eigenvalue weighted by atomic mass is 10.4. The van der Waals surface area contributed by atoms with Gasteiger partial charge in [-0.3, -0.25) is 0 Å². The van der Waals surface area contributed by atoms with Crippen LogP contribution in [0.4, 0.5) is 0 Å². The third kappa shape index (κ3) is 3.78. The van der Waals surface area contributed by atoms with Crippen LogP contribution in [0.3, 0.4) is 0 Å². The summed E-state index contributed by atoms with van der Waals surface area (Å²) in [6, 6.07) is 0.